The fourth-order valence-electron chi connectivity index (χ4n) is 2.80. The quantitative estimate of drug-likeness (QED) is 0.777. The Morgan fingerprint density at radius 3 is 2.62 bits per heavy atom. The van der Waals surface area contributed by atoms with E-state index in [0.29, 0.717) is 40.3 Å². The molecular formula is C19H19Cl2NO3S. The van der Waals surface area contributed by atoms with Crippen molar-refractivity contribution in [3.05, 3.63) is 63.6 Å². The number of hydrogen-bond donors (Lipinski definition) is 1. The molecule has 0 saturated carbocycles. The molecule has 1 N–H and O–H groups in total. The first-order valence-corrected chi connectivity index (χ1v) is 10.5. The number of halogens is 2. The maximum absolute atomic E-state index is 12.5. The van der Waals surface area contributed by atoms with Gasteiger partial charge in [-0.2, -0.15) is 0 Å². The molecule has 1 aliphatic heterocycles. The molecule has 1 saturated heterocycles. The van der Waals surface area contributed by atoms with Gasteiger partial charge >= 0.3 is 0 Å². The fraction of sp³-hybridized carbons (Fsp3) is 0.316. The summed E-state index contributed by atoms with van der Waals surface area (Å²) in [4.78, 5) is 12.4. The highest BCUT2D eigenvalue weighted by Gasteiger charge is 2.20. The molecule has 0 aliphatic carbocycles. The van der Waals surface area contributed by atoms with Crippen molar-refractivity contribution in [2.24, 2.45) is 0 Å². The van der Waals surface area contributed by atoms with Crippen molar-refractivity contribution < 1.29 is 13.7 Å². The Kier molecular flexibility index (Phi) is 6.70. The highest BCUT2D eigenvalue weighted by atomic mass is 35.5. The summed E-state index contributed by atoms with van der Waals surface area (Å²) in [7, 11) is -0.945. The number of nitrogens with one attached hydrogen (secondary N) is 1. The van der Waals surface area contributed by atoms with Gasteiger partial charge in [0.05, 0.1) is 10.0 Å². The van der Waals surface area contributed by atoms with Crippen molar-refractivity contribution in [2.75, 3.05) is 18.5 Å². The van der Waals surface area contributed by atoms with Crippen molar-refractivity contribution in [1.29, 1.82) is 0 Å². The number of carbonyl (C=O) groups excluding carboxylic acids is 1. The van der Waals surface area contributed by atoms with Gasteiger partial charge in [0.15, 0.2) is 0 Å². The molecule has 7 heteroatoms. The second-order valence-corrected chi connectivity index (χ2v) is 8.65. The van der Waals surface area contributed by atoms with Gasteiger partial charge in [0.2, 0.25) is 0 Å². The minimum Gasteiger partial charge on any atom is -0.381 e. The minimum absolute atomic E-state index is 0.179. The van der Waals surface area contributed by atoms with E-state index in [-0.39, 0.29) is 11.2 Å². The summed E-state index contributed by atoms with van der Waals surface area (Å²) >= 11 is 11.8. The number of hydrogen-bond acceptors (Lipinski definition) is 3. The zero-order valence-corrected chi connectivity index (χ0v) is 16.4. The molecular weight excluding hydrogens is 393 g/mol. The van der Waals surface area contributed by atoms with Crippen molar-refractivity contribution >= 4 is 45.6 Å². The summed E-state index contributed by atoms with van der Waals surface area (Å²) in [6, 6.07) is 12.2. The van der Waals surface area contributed by atoms with Crippen LogP contribution in [0.1, 0.15) is 28.8 Å². The average Bonchev–Trinajstić information content (AvgIpc) is 2.65. The van der Waals surface area contributed by atoms with E-state index in [1.807, 2.05) is 18.2 Å². The molecule has 1 unspecified atom stereocenters. The molecule has 0 bridgehead atoms. The molecule has 0 aromatic heterocycles. The van der Waals surface area contributed by atoms with E-state index in [0.717, 1.165) is 18.4 Å². The summed E-state index contributed by atoms with van der Waals surface area (Å²) < 4.78 is 17.9. The van der Waals surface area contributed by atoms with Gasteiger partial charge in [-0.15, -0.1) is 0 Å². The summed E-state index contributed by atoms with van der Waals surface area (Å²) in [5.74, 6) is 0.201. The zero-order valence-electron chi connectivity index (χ0n) is 14.0. The maximum Gasteiger partial charge on any atom is 0.255 e. The largest absolute Gasteiger partial charge is 0.381 e. The number of amides is 1. The van der Waals surface area contributed by atoms with Gasteiger partial charge in [0.1, 0.15) is 0 Å². The summed E-state index contributed by atoms with van der Waals surface area (Å²) in [6.45, 7) is 1.35. The van der Waals surface area contributed by atoms with Crippen LogP contribution in [0.5, 0.6) is 0 Å². The third-order valence-electron chi connectivity index (χ3n) is 4.22. The van der Waals surface area contributed by atoms with Crippen LogP contribution < -0.4 is 5.32 Å². The third kappa shape index (κ3) is 5.07. The Bertz CT molecular complexity index is 822. The van der Waals surface area contributed by atoms with Gasteiger partial charge in [-0.25, -0.2) is 0 Å². The Balaban J connectivity index is 1.65. The molecule has 2 aromatic rings. The first-order chi connectivity index (χ1) is 12.5. The van der Waals surface area contributed by atoms with Crippen molar-refractivity contribution in [1.82, 2.24) is 0 Å². The van der Waals surface area contributed by atoms with E-state index in [1.54, 1.807) is 18.2 Å². The van der Waals surface area contributed by atoms with Gasteiger partial charge in [-0.05, 0) is 48.7 Å². The lowest BCUT2D eigenvalue weighted by atomic mass is 10.2. The second-order valence-electron chi connectivity index (χ2n) is 6.12. The van der Waals surface area contributed by atoms with Crippen LogP contribution in [0.2, 0.25) is 10.0 Å². The Labute approximate surface area is 165 Å². The first kappa shape index (κ1) is 19.4. The van der Waals surface area contributed by atoms with Gasteiger partial charge in [0.25, 0.3) is 5.91 Å². The van der Waals surface area contributed by atoms with Gasteiger partial charge in [-0.1, -0.05) is 35.3 Å². The molecule has 138 valence electrons. The molecule has 1 atom stereocenters. The number of benzene rings is 2. The molecule has 1 aliphatic rings. The smallest absolute Gasteiger partial charge is 0.255 e. The monoisotopic (exact) mass is 411 g/mol. The normalized spacial score (nSPS) is 16.2. The minimum atomic E-state index is -0.945. The standard InChI is InChI=1S/C19H19Cl2NO3S/c20-17-5-4-14(11-18(17)21)19(23)22-15-3-1-2-13(10-15)12-26(24)16-6-8-25-9-7-16/h1-5,10-11,16H,6-9,12H2,(H,22,23). The molecule has 3 rings (SSSR count). The van der Waals surface area contributed by atoms with E-state index in [9.17, 15) is 9.00 Å². The molecule has 0 radical (unpaired) electrons. The van der Waals surface area contributed by atoms with E-state index < -0.39 is 10.8 Å². The zero-order chi connectivity index (χ0) is 18.5. The van der Waals surface area contributed by atoms with Crippen LogP contribution in [-0.4, -0.2) is 28.6 Å². The van der Waals surface area contributed by atoms with E-state index in [2.05, 4.69) is 5.32 Å². The summed E-state index contributed by atoms with van der Waals surface area (Å²) in [5.41, 5.74) is 2.01. The Hall–Kier alpha value is -1.40. The number of carbonyl (C=O) groups is 1. The predicted octanol–water partition coefficient (Wildman–Crippen LogP) is 4.67. The van der Waals surface area contributed by atoms with Crippen LogP contribution in [0.4, 0.5) is 5.69 Å². The van der Waals surface area contributed by atoms with Crippen LogP contribution in [0.15, 0.2) is 42.5 Å². The topological polar surface area (TPSA) is 55.4 Å². The second kappa shape index (κ2) is 9.00. The lowest BCUT2D eigenvalue weighted by Gasteiger charge is -2.21. The Morgan fingerprint density at radius 1 is 1.12 bits per heavy atom. The molecule has 1 amide bonds. The highest BCUT2D eigenvalue weighted by Crippen LogP contribution is 2.23. The lowest BCUT2D eigenvalue weighted by Crippen LogP contribution is -2.25. The van der Waals surface area contributed by atoms with Crippen molar-refractivity contribution in [2.45, 2.75) is 23.8 Å². The van der Waals surface area contributed by atoms with Gasteiger partial charge in [-0.3, -0.25) is 9.00 Å². The highest BCUT2D eigenvalue weighted by molar-refractivity contribution is 7.84. The summed E-state index contributed by atoms with van der Waals surface area (Å²) in [5, 5.41) is 3.75. The van der Waals surface area contributed by atoms with E-state index in [4.69, 9.17) is 27.9 Å². The number of rotatable bonds is 5. The van der Waals surface area contributed by atoms with Crippen LogP contribution in [-0.2, 0) is 21.3 Å². The van der Waals surface area contributed by atoms with Crippen LogP contribution in [0.25, 0.3) is 0 Å². The first-order valence-electron chi connectivity index (χ1n) is 8.33. The average molecular weight is 412 g/mol. The molecule has 1 fully saturated rings. The molecule has 1 heterocycles. The molecule has 4 nitrogen and oxygen atoms in total. The lowest BCUT2D eigenvalue weighted by molar-refractivity contribution is 0.0991. The van der Waals surface area contributed by atoms with Gasteiger partial charge < -0.3 is 10.1 Å². The van der Waals surface area contributed by atoms with Crippen LogP contribution >= 0.6 is 23.2 Å². The fourth-order valence-corrected chi connectivity index (χ4v) is 4.56. The van der Waals surface area contributed by atoms with E-state index >= 15 is 0 Å². The Morgan fingerprint density at radius 2 is 1.88 bits per heavy atom. The number of anilines is 1. The molecule has 2 aromatic carbocycles. The summed E-state index contributed by atoms with van der Waals surface area (Å²) in [6.07, 6.45) is 1.67. The maximum atomic E-state index is 12.5. The molecule has 0 spiro atoms. The third-order valence-corrected chi connectivity index (χ3v) is 6.79. The van der Waals surface area contributed by atoms with Crippen molar-refractivity contribution in [3.63, 3.8) is 0 Å². The predicted molar refractivity (Wildman–Crippen MR) is 107 cm³/mol. The molecule has 26 heavy (non-hydrogen) atoms. The SMILES string of the molecule is O=C(Nc1cccc(CS(=O)C2CCOCC2)c1)c1ccc(Cl)c(Cl)c1. The van der Waals surface area contributed by atoms with Crippen LogP contribution in [0.3, 0.4) is 0 Å². The van der Waals surface area contributed by atoms with E-state index in [1.165, 1.54) is 6.07 Å². The van der Waals surface area contributed by atoms with Crippen molar-refractivity contribution in [3.8, 4) is 0 Å². The van der Waals surface area contributed by atoms with Gasteiger partial charge in [0, 0.05) is 46.3 Å². The van der Waals surface area contributed by atoms with Crippen LogP contribution in [0, 0.1) is 0 Å². The number of ether oxygens (including phenoxy) is 1.